The van der Waals surface area contributed by atoms with E-state index in [0.29, 0.717) is 27.7 Å². The molecule has 0 saturated heterocycles. The number of carbonyl (C=O) groups is 2. The summed E-state index contributed by atoms with van der Waals surface area (Å²) in [7, 11) is 0. The van der Waals surface area contributed by atoms with Crippen molar-refractivity contribution in [2.45, 2.75) is 6.92 Å². The third-order valence-corrected chi connectivity index (χ3v) is 4.40. The summed E-state index contributed by atoms with van der Waals surface area (Å²) in [6.07, 6.45) is 0. The minimum atomic E-state index is -0.324. The van der Waals surface area contributed by atoms with Crippen molar-refractivity contribution in [1.29, 1.82) is 0 Å². The van der Waals surface area contributed by atoms with Crippen LogP contribution in [0.4, 0.5) is 11.4 Å². The second kappa shape index (κ2) is 9.06. The molecule has 0 saturated carbocycles. The second-order valence-electron chi connectivity index (χ2n) is 6.07. The number of anilines is 2. The molecule has 0 atom stereocenters. The fourth-order valence-corrected chi connectivity index (χ4v) is 2.77. The zero-order chi connectivity index (χ0) is 19.9. The molecule has 0 bridgehead atoms. The van der Waals surface area contributed by atoms with Crippen molar-refractivity contribution in [3.8, 4) is 5.75 Å². The van der Waals surface area contributed by atoms with E-state index in [9.17, 15) is 9.59 Å². The number of benzene rings is 3. The minimum absolute atomic E-state index is 0.177. The van der Waals surface area contributed by atoms with Crippen LogP contribution in [0.15, 0.2) is 72.8 Å². The molecular formula is C22H19ClN2O3. The van der Waals surface area contributed by atoms with Crippen LogP contribution in [0.3, 0.4) is 0 Å². The third-order valence-electron chi connectivity index (χ3n) is 4.09. The van der Waals surface area contributed by atoms with Crippen LogP contribution in [0.25, 0.3) is 0 Å². The standard InChI is InChI=1S/C22H19ClN2O3/c1-15-18(24-21(26)14-28-20-13-6-5-10-17(20)23)11-7-12-19(15)25-22(27)16-8-3-2-4-9-16/h2-13H,14H2,1H3,(H,24,26)(H,25,27). The van der Waals surface area contributed by atoms with Gasteiger partial charge in [-0.25, -0.2) is 0 Å². The van der Waals surface area contributed by atoms with E-state index in [0.717, 1.165) is 5.56 Å². The zero-order valence-corrected chi connectivity index (χ0v) is 16.0. The number of rotatable bonds is 6. The first-order chi connectivity index (χ1) is 13.5. The molecule has 0 aliphatic carbocycles. The number of hydrogen-bond donors (Lipinski definition) is 2. The molecule has 0 spiro atoms. The molecule has 0 radical (unpaired) electrons. The number of nitrogens with one attached hydrogen (secondary N) is 2. The van der Waals surface area contributed by atoms with E-state index in [1.54, 1.807) is 66.7 Å². The van der Waals surface area contributed by atoms with Crippen molar-refractivity contribution in [1.82, 2.24) is 0 Å². The second-order valence-corrected chi connectivity index (χ2v) is 6.47. The van der Waals surface area contributed by atoms with Gasteiger partial charge in [-0.1, -0.05) is 48.0 Å². The Morgan fingerprint density at radius 3 is 2.21 bits per heavy atom. The molecule has 0 heterocycles. The molecule has 3 aromatic carbocycles. The van der Waals surface area contributed by atoms with Gasteiger partial charge < -0.3 is 15.4 Å². The molecule has 142 valence electrons. The van der Waals surface area contributed by atoms with Crippen LogP contribution in [0.1, 0.15) is 15.9 Å². The average Bonchev–Trinajstić information content (AvgIpc) is 2.71. The highest BCUT2D eigenvalue weighted by Gasteiger charge is 2.12. The van der Waals surface area contributed by atoms with Crippen molar-refractivity contribution in [3.05, 3.63) is 88.9 Å². The van der Waals surface area contributed by atoms with E-state index < -0.39 is 0 Å². The van der Waals surface area contributed by atoms with Gasteiger partial charge in [0.15, 0.2) is 6.61 Å². The van der Waals surface area contributed by atoms with Gasteiger partial charge in [0.05, 0.1) is 5.02 Å². The number of para-hydroxylation sites is 1. The molecule has 2 amide bonds. The average molecular weight is 395 g/mol. The van der Waals surface area contributed by atoms with Gasteiger partial charge in [-0.3, -0.25) is 9.59 Å². The van der Waals surface area contributed by atoms with Gasteiger partial charge in [0.2, 0.25) is 0 Å². The third kappa shape index (κ3) is 4.90. The van der Waals surface area contributed by atoms with E-state index in [2.05, 4.69) is 10.6 Å². The number of hydrogen-bond acceptors (Lipinski definition) is 3. The molecule has 3 rings (SSSR count). The summed E-state index contributed by atoms with van der Waals surface area (Å²) in [5.41, 5.74) is 2.53. The monoisotopic (exact) mass is 394 g/mol. The van der Waals surface area contributed by atoms with Gasteiger partial charge in [-0.2, -0.15) is 0 Å². The number of halogens is 1. The Morgan fingerprint density at radius 2 is 1.50 bits per heavy atom. The summed E-state index contributed by atoms with van der Waals surface area (Å²) in [5, 5.41) is 6.10. The fourth-order valence-electron chi connectivity index (χ4n) is 2.58. The zero-order valence-electron chi connectivity index (χ0n) is 15.2. The summed E-state index contributed by atoms with van der Waals surface area (Å²) in [6, 6.07) is 21.2. The maximum absolute atomic E-state index is 12.4. The summed E-state index contributed by atoms with van der Waals surface area (Å²) in [4.78, 5) is 24.6. The SMILES string of the molecule is Cc1c(NC(=O)COc2ccccc2Cl)cccc1NC(=O)c1ccccc1. The predicted molar refractivity (Wildman–Crippen MR) is 111 cm³/mol. The van der Waals surface area contributed by atoms with E-state index in [4.69, 9.17) is 16.3 Å². The van der Waals surface area contributed by atoms with Gasteiger partial charge in [0, 0.05) is 16.9 Å². The normalized spacial score (nSPS) is 10.2. The van der Waals surface area contributed by atoms with Gasteiger partial charge in [0.25, 0.3) is 11.8 Å². The Hall–Kier alpha value is -3.31. The fraction of sp³-hybridized carbons (Fsp3) is 0.0909. The maximum atomic E-state index is 12.4. The Labute approximate surface area is 168 Å². The number of ether oxygens (including phenoxy) is 1. The topological polar surface area (TPSA) is 67.4 Å². The highest BCUT2D eigenvalue weighted by Crippen LogP contribution is 2.25. The van der Waals surface area contributed by atoms with E-state index in [1.807, 2.05) is 13.0 Å². The van der Waals surface area contributed by atoms with Crippen LogP contribution < -0.4 is 15.4 Å². The summed E-state index contributed by atoms with van der Waals surface area (Å²) < 4.78 is 5.45. The van der Waals surface area contributed by atoms with Crippen LogP contribution in [0.2, 0.25) is 5.02 Å². The molecule has 0 unspecified atom stereocenters. The van der Waals surface area contributed by atoms with Crippen molar-refractivity contribution >= 4 is 34.8 Å². The quantitative estimate of drug-likeness (QED) is 0.623. The van der Waals surface area contributed by atoms with Crippen LogP contribution in [-0.2, 0) is 4.79 Å². The van der Waals surface area contributed by atoms with Gasteiger partial charge in [-0.05, 0) is 48.9 Å². The molecule has 3 aromatic rings. The Morgan fingerprint density at radius 1 is 0.857 bits per heavy atom. The predicted octanol–water partition coefficient (Wildman–Crippen LogP) is 4.92. The Bertz CT molecular complexity index is 990. The molecule has 0 aromatic heterocycles. The summed E-state index contributed by atoms with van der Waals surface area (Å²) in [6.45, 7) is 1.65. The highest BCUT2D eigenvalue weighted by atomic mass is 35.5. The van der Waals surface area contributed by atoms with Crippen LogP contribution in [0, 0.1) is 6.92 Å². The van der Waals surface area contributed by atoms with Crippen molar-refractivity contribution in [3.63, 3.8) is 0 Å². The van der Waals surface area contributed by atoms with Gasteiger partial charge in [0.1, 0.15) is 5.75 Å². The van der Waals surface area contributed by atoms with Crippen LogP contribution in [-0.4, -0.2) is 18.4 Å². The lowest BCUT2D eigenvalue weighted by molar-refractivity contribution is -0.118. The van der Waals surface area contributed by atoms with Crippen molar-refractivity contribution in [2.75, 3.05) is 17.2 Å². The van der Waals surface area contributed by atoms with Crippen molar-refractivity contribution < 1.29 is 14.3 Å². The number of amides is 2. The van der Waals surface area contributed by atoms with Crippen molar-refractivity contribution in [2.24, 2.45) is 0 Å². The smallest absolute Gasteiger partial charge is 0.262 e. The first kappa shape index (κ1) is 19.5. The molecule has 5 nitrogen and oxygen atoms in total. The lowest BCUT2D eigenvalue weighted by Gasteiger charge is -2.14. The lowest BCUT2D eigenvalue weighted by Crippen LogP contribution is -2.21. The molecule has 0 aliphatic heterocycles. The maximum Gasteiger partial charge on any atom is 0.262 e. The molecular weight excluding hydrogens is 376 g/mol. The molecule has 0 aliphatic rings. The van der Waals surface area contributed by atoms with E-state index in [-0.39, 0.29) is 18.4 Å². The molecule has 0 fully saturated rings. The van der Waals surface area contributed by atoms with Crippen LogP contribution >= 0.6 is 11.6 Å². The minimum Gasteiger partial charge on any atom is -0.482 e. The van der Waals surface area contributed by atoms with E-state index in [1.165, 1.54) is 0 Å². The largest absolute Gasteiger partial charge is 0.482 e. The molecule has 28 heavy (non-hydrogen) atoms. The first-order valence-corrected chi connectivity index (χ1v) is 9.05. The lowest BCUT2D eigenvalue weighted by atomic mass is 10.1. The Kier molecular flexibility index (Phi) is 6.29. The van der Waals surface area contributed by atoms with Crippen LogP contribution in [0.5, 0.6) is 5.75 Å². The molecule has 6 heteroatoms. The Balaban J connectivity index is 1.64. The number of carbonyl (C=O) groups excluding carboxylic acids is 2. The summed E-state index contributed by atoms with van der Waals surface area (Å²) >= 11 is 6.02. The summed E-state index contributed by atoms with van der Waals surface area (Å²) in [5.74, 6) is -0.0938. The van der Waals surface area contributed by atoms with Gasteiger partial charge in [-0.15, -0.1) is 0 Å². The van der Waals surface area contributed by atoms with E-state index >= 15 is 0 Å². The highest BCUT2D eigenvalue weighted by molar-refractivity contribution is 6.32. The van der Waals surface area contributed by atoms with Gasteiger partial charge >= 0.3 is 0 Å². The first-order valence-electron chi connectivity index (χ1n) is 8.68. The molecule has 2 N–H and O–H groups in total.